The summed E-state index contributed by atoms with van der Waals surface area (Å²) in [4.78, 5) is 32.8. The molecule has 0 aliphatic carbocycles. The number of aromatic nitrogens is 1. The van der Waals surface area contributed by atoms with Crippen molar-refractivity contribution in [3.63, 3.8) is 0 Å². The van der Waals surface area contributed by atoms with Crippen LogP contribution in [0, 0.1) is 0 Å². The minimum Gasteiger partial charge on any atom is -0.352 e. The van der Waals surface area contributed by atoms with E-state index in [1.807, 2.05) is 23.1 Å². The van der Waals surface area contributed by atoms with Crippen molar-refractivity contribution in [3.05, 3.63) is 65.5 Å². The van der Waals surface area contributed by atoms with Crippen molar-refractivity contribution < 1.29 is 14.3 Å². The second-order valence-electron chi connectivity index (χ2n) is 7.35. The van der Waals surface area contributed by atoms with Gasteiger partial charge in [0.15, 0.2) is 6.10 Å². The van der Waals surface area contributed by atoms with Crippen LogP contribution >= 0.6 is 0 Å². The molecule has 6 heteroatoms. The lowest BCUT2D eigenvalue weighted by atomic mass is 9.83. The zero-order chi connectivity index (χ0) is 19.0. The maximum atomic E-state index is 12.7. The van der Waals surface area contributed by atoms with Crippen molar-refractivity contribution in [2.75, 3.05) is 27.2 Å². The number of pyridine rings is 1. The Kier molecular flexibility index (Phi) is 4.44. The Morgan fingerprint density at radius 2 is 1.89 bits per heavy atom. The number of benzene rings is 1. The molecular weight excluding hydrogens is 342 g/mol. The number of hydrogen-bond acceptors (Lipinski definition) is 4. The lowest BCUT2D eigenvalue weighted by Crippen LogP contribution is -2.45. The number of carbonyl (C=O) groups excluding carboxylic acids is 2. The summed E-state index contributed by atoms with van der Waals surface area (Å²) in [5.74, 6) is -0.0571. The number of nitrogens with zero attached hydrogens (tertiary/aromatic N) is 3. The zero-order valence-corrected chi connectivity index (χ0v) is 15.6. The van der Waals surface area contributed by atoms with E-state index < -0.39 is 11.7 Å². The van der Waals surface area contributed by atoms with E-state index in [0.717, 1.165) is 11.1 Å². The molecule has 0 saturated carbocycles. The fourth-order valence-corrected chi connectivity index (χ4v) is 4.04. The van der Waals surface area contributed by atoms with Gasteiger partial charge in [-0.3, -0.25) is 14.6 Å². The van der Waals surface area contributed by atoms with Crippen molar-refractivity contribution in [2.45, 2.75) is 24.5 Å². The summed E-state index contributed by atoms with van der Waals surface area (Å²) in [6.45, 7) is 1.18. The van der Waals surface area contributed by atoms with Gasteiger partial charge in [-0.05, 0) is 36.1 Å². The molecule has 2 aliphatic rings. The highest BCUT2D eigenvalue weighted by Gasteiger charge is 2.49. The minimum atomic E-state index is -0.572. The van der Waals surface area contributed by atoms with Crippen LogP contribution in [0.15, 0.2) is 48.8 Å². The van der Waals surface area contributed by atoms with Crippen LogP contribution in [0.1, 0.15) is 40.4 Å². The maximum Gasteiger partial charge on any atom is 0.255 e. The topological polar surface area (TPSA) is 62.7 Å². The number of rotatable bonds is 2. The first-order chi connectivity index (χ1) is 13.0. The first-order valence-electron chi connectivity index (χ1n) is 9.19. The molecule has 2 aromatic rings. The molecule has 1 aromatic carbocycles. The van der Waals surface area contributed by atoms with Gasteiger partial charge in [0.1, 0.15) is 0 Å². The smallest absolute Gasteiger partial charge is 0.255 e. The molecule has 2 aliphatic heterocycles. The van der Waals surface area contributed by atoms with Gasteiger partial charge in [0, 0.05) is 39.6 Å². The molecule has 1 unspecified atom stereocenters. The van der Waals surface area contributed by atoms with Crippen LogP contribution in [0.3, 0.4) is 0 Å². The van der Waals surface area contributed by atoms with E-state index in [4.69, 9.17) is 4.74 Å². The summed E-state index contributed by atoms with van der Waals surface area (Å²) in [7, 11) is 3.49. The second kappa shape index (κ2) is 6.78. The molecule has 0 N–H and O–H groups in total. The Hall–Kier alpha value is -2.73. The molecule has 1 fully saturated rings. The maximum absolute atomic E-state index is 12.7. The van der Waals surface area contributed by atoms with Gasteiger partial charge in [-0.2, -0.15) is 0 Å². The average Bonchev–Trinajstić information content (AvgIpc) is 3.02. The molecule has 2 amide bonds. The van der Waals surface area contributed by atoms with Crippen molar-refractivity contribution in [1.82, 2.24) is 14.8 Å². The number of hydrogen-bond donors (Lipinski definition) is 0. The number of ether oxygens (including phenoxy) is 1. The van der Waals surface area contributed by atoms with Gasteiger partial charge in [-0.25, -0.2) is 0 Å². The normalized spacial score (nSPS) is 20.4. The summed E-state index contributed by atoms with van der Waals surface area (Å²) >= 11 is 0. The molecular formula is C21H23N3O3. The molecule has 1 spiro atoms. The van der Waals surface area contributed by atoms with Gasteiger partial charge in [-0.1, -0.05) is 24.3 Å². The molecule has 4 rings (SSSR count). The van der Waals surface area contributed by atoms with Crippen LogP contribution in [-0.2, 0) is 15.1 Å². The largest absolute Gasteiger partial charge is 0.352 e. The van der Waals surface area contributed by atoms with Crippen molar-refractivity contribution in [3.8, 4) is 0 Å². The average molecular weight is 365 g/mol. The Balaban J connectivity index is 1.56. The predicted molar refractivity (Wildman–Crippen MR) is 100 cm³/mol. The third-order valence-electron chi connectivity index (χ3n) is 5.51. The molecule has 27 heavy (non-hydrogen) atoms. The Bertz CT molecular complexity index is 858. The highest BCUT2D eigenvalue weighted by atomic mass is 16.5. The molecule has 0 radical (unpaired) electrons. The van der Waals surface area contributed by atoms with Crippen LogP contribution in [0.5, 0.6) is 0 Å². The standard InChI is InChI=1S/C21H23N3O3/c1-23(2)20(26)18-16-7-3-4-8-17(16)21(27-18)9-12-24(13-10-21)19(25)15-6-5-11-22-14-15/h3-8,11,14,18H,9-10,12-13H2,1-2H3. The van der Waals surface area contributed by atoms with Gasteiger partial charge in [0.25, 0.3) is 11.8 Å². The summed E-state index contributed by atoms with van der Waals surface area (Å²) in [6, 6.07) is 11.5. The first kappa shape index (κ1) is 17.7. The van der Waals surface area contributed by atoms with Crippen LogP contribution in [0.2, 0.25) is 0 Å². The Labute approximate surface area is 158 Å². The molecule has 0 bridgehead atoms. The third kappa shape index (κ3) is 3.00. The third-order valence-corrected chi connectivity index (χ3v) is 5.51. The van der Waals surface area contributed by atoms with Gasteiger partial charge in [0.2, 0.25) is 0 Å². The highest BCUT2D eigenvalue weighted by molar-refractivity contribution is 5.94. The SMILES string of the molecule is CN(C)C(=O)C1OC2(CCN(C(=O)c3cccnc3)CC2)c2ccccc21. The molecule has 3 heterocycles. The van der Waals surface area contributed by atoms with E-state index in [2.05, 4.69) is 11.1 Å². The Morgan fingerprint density at radius 3 is 2.56 bits per heavy atom. The zero-order valence-electron chi connectivity index (χ0n) is 15.6. The lowest BCUT2D eigenvalue weighted by molar-refractivity contribution is -0.157. The van der Waals surface area contributed by atoms with E-state index in [9.17, 15) is 9.59 Å². The molecule has 140 valence electrons. The van der Waals surface area contributed by atoms with Crippen LogP contribution in [0.4, 0.5) is 0 Å². The predicted octanol–water partition coefficient (Wildman–Crippen LogP) is 2.37. The number of likely N-dealkylation sites (N-methyl/N-ethyl adjacent to an activating group) is 1. The van der Waals surface area contributed by atoms with Crippen LogP contribution in [-0.4, -0.2) is 53.8 Å². The van der Waals surface area contributed by atoms with Gasteiger partial charge in [0.05, 0.1) is 11.2 Å². The van der Waals surface area contributed by atoms with Crippen molar-refractivity contribution >= 4 is 11.8 Å². The summed E-state index contributed by atoms with van der Waals surface area (Å²) < 4.78 is 6.38. The van der Waals surface area contributed by atoms with E-state index in [1.165, 1.54) is 0 Å². The fourth-order valence-electron chi connectivity index (χ4n) is 4.04. The number of likely N-dealkylation sites (tertiary alicyclic amines) is 1. The lowest BCUT2D eigenvalue weighted by Gasteiger charge is -2.39. The number of piperidine rings is 1. The summed E-state index contributed by atoms with van der Waals surface area (Å²) in [6.07, 6.45) is 4.03. The summed E-state index contributed by atoms with van der Waals surface area (Å²) in [5, 5.41) is 0. The van der Waals surface area contributed by atoms with Crippen molar-refractivity contribution in [1.29, 1.82) is 0 Å². The summed E-state index contributed by atoms with van der Waals surface area (Å²) in [5.41, 5.74) is 2.13. The molecule has 1 aromatic heterocycles. The quantitative estimate of drug-likeness (QED) is 0.820. The number of fused-ring (bicyclic) bond motifs is 2. The second-order valence-corrected chi connectivity index (χ2v) is 7.35. The minimum absolute atomic E-state index is 0.00912. The van der Waals surface area contributed by atoms with Gasteiger partial charge < -0.3 is 14.5 Å². The monoisotopic (exact) mass is 365 g/mol. The van der Waals surface area contributed by atoms with Crippen LogP contribution < -0.4 is 0 Å². The van der Waals surface area contributed by atoms with Crippen molar-refractivity contribution in [2.24, 2.45) is 0 Å². The van der Waals surface area contributed by atoms with Gasteiger partial charge in [-0.15, -0.1) is 0 Å². The highest BCUT2D eigenvalue weighted by Crippen LogP contribution is 2.49. The molecule has 1 atom stereocenters. The van der Waals surface area contributed by atoms with Gasteiger partial charge >= 0.3 is 0 Å². The number of carbonyl (C=O) groups is 2. The van der Waals surface area contributed by atoms with E-state index in [1.54, 1.807) is 43.5 Å². The van der Waals surface area contributed by atoms with Crippen LogP contribution in [0.25, 0.3) is 0 Å². The molecule has 6 nitrogen and oxygen atoms in total. The fraction of sp³-hybridized carbons (Fsp3) is 0.381. The first-order valence-corrected chi connectivity index (χ1v) is 9.19. The number of amides is 2. The van der Waals surface area contributed by atoms with E-state index >= 15 is 0 Å². The van der Waals surface area contributed by atoms with E-state index in [0.29, 0.717) is 31.5 Å². The Morgan fingerprint density at radius 1 is 1.15 bits per heavy atom. The molecule has 1 saturated heterocycles. The van der Waals surface area contributed by atoms with E-state index in [-0.39, 0.29) is 11.8 Å².